The van der Waals surface area contributed by atoms with Gasteiger partial charge in [0.15, 0.2) is 17.0 Å². The molecule has 3 heterocycles. The highest BCUT2D eigenvalue weighted by molar-refractivity contribution is 6.09. The molecule has 2 N–H and O–H groups in total. The van der Waals surface area contributed by atoms with E-state index >= 15 is 0 Å². The second-order valence-electron chi connectivity index (χ2n) is 8.01. The molecular weight excluding hydrogens is 414 g/mol. The summed E-state index contributed by atoms with van der Waals surface area (Å²) in [7, 11) is 0. The molecule has 2 atom stereocenters. The molecule has 2 unspecified atom stereocenters. The topological polar surface area (TPSA) is 106 Å². The minimum Gasteiger partial charge on any atom is -0.493 e. The van der Waals surface area contributed by atoms with Crippen LogP contribution in [0.3, 0.4) is 0 Å². The van der Waals surface area contributed by atoms with Crippen LogP contribution in [0.5, 0.6) is 17.2 Å². The Hall–Kier alpha value is -3.75. The molecule has 3 aliphatic rings. The molecule has 9 nitrogen and oxygen atoms in total. The predicted octanol–water partition coefficient (Wildman–Crippen LogP) is 1.86. The summed E-state index contributed by atoms with van der Waals surface area (Å²) < 4.78 is 16.7. The van der Waals surface area contributed by atoms with E-state index < -0.39 is 23.4 Å². The fourth-order valence-electron chi connectivity index (χ4n) is 4.36. The first kappa shape index (κ1) is 20.2. The molecule has 32 heavy (non-hydrogen) atoms. The van der Waals surface area contributed by atoms with E-state index in [0.717, 1.165) is 10.5 Å². The first-order valence-corrected chi connectivity index (χ1v) is 10.5. The Labute approximate surface area is 184 Å². The Bertz CT molecular complexity index is 1100. The number of fused-ring (bicyclic) bond motifs is 3. The van der Waals surface area contributed by atoms with Crippen LogP contribution in [0.1, 0.15) is 30.5 Å². The van der Waals surface area contributed by atoms with E-state index in [0.29, 0.717) is 49.1 Å². The molecule has 1 spiro atoms. The van der Waals surface area contributed by atoms with E-state index in [1.54, 1.807) is 24.3 Å². The number of amides is 4. The molecule has 0 aliphatic carbocycles. The lowest BCUT2D eigenvalue weighted by Crippen LogP contribution is -2.48. The van der Waals surface area contributed by atoms with Gasteiger partial charge in [-0.2, -0.15) is 0 Å². The smallest absolute Gasteiger partial charge is 0.325 e. The lowest BCUT2D eigenvalue weighted by Gasteiger charge is -2.33. The molecular formula is C23H23N3O6. The fourth-order valence-corrected chi connectivity index (χ4v) is 4.36. The molecule has 2 aromatic carbocycles. The third kappa shape index (κ3) is 3.30. The summed E-state index contributed by atoms with van der Waals surface area (Å²) in [5.41, 5.74) is 0.236. The zero-order valence-electron chi connectivity index (χ0n) is 17.6. The SMILES string of the molecule is CC(NC(=O)CN1C(=O)NC2(CCOc3ccccc32)C1=O)c1ccc2c(c1)OCCO2. The van der Waals surface area contributed by atoms with Gasteiger partial charge in [0, 0.05) is 12.0 Å². The van der Waals surface area contributed by atoms with Crippen molar-refractivity contribution in [3.05, 3.63) is 53.6 Å². The normalized spacial score (nSPS) is 22.1. The summed E-state index contributed by atoms with van der Waals surface area (Å²) in [6.45, 7) is 2.72. The van der Waals surface area contributed by atoms with Crippen LogP contribution in [0.4, 0.5) is 4.79 Å². The summed E-state index contributed by atoms with van der Waals surface area (Å²) in [6.07, 6.45) is 0.306. The summed E-state index contributed by atoms with van der Waals surface area (Å²) in [4.78, 5) is 39.6. The maximum absolute atomic E-state index is 13.3. The quantitative estimate of drug-likeness (QED) is 0.708. The number of para-hydroxylation sites is 1. The van der Waals surface area contributed by atoms with Crippen molar-refractivity contribution in [2.45, 2.75) is 24.9 Å². The molecule has 1 fully saturated rings. The van der Waals surface area contributed by atoms with E-state index in [1.165, 1.54) is 0 Å². The van der Waals surface area contributed by atoms with Crippen LogP contribution in [-0.2, 0) is 15.1 Å². The van der Waals surface area contributed by atoms with E-state index in [9.17, 15) is 14.4 Å². The van der Waals surface area contributed by atoms with Crippen molar-refractivity contribution in [3.63, 3.8) is 0 Å². The predicted molar refractivity (Wildman–Crippen MR) is 112 cm³/mol. The van der Waals surface area contributed by atoms with Gasteiger partial charge in [-0.25, -0.2) is 4.79 Å². The Kier molecular flexibility index (Phi) is 4.88. The van der Waals surface area contributed by atoms with Crippen LogP contribution in [-0.4, -0.2) is 49.1 Å². The lowest BCUT2D eigenvalue weighted by atomic mass is 9.84. The number of carbonyl (C=O) groups excluding carboxylic acids is 3. The Morgan fingerprint density at radius 1 is 1.06 bits per heavy atom. The number of rotatable bonds is 4. The van der Waals surface area contributed by atoms with E-state index in [-0.39, 0.29) is 12.6 Å². The second-order valence-corrected chi connectivity index (χ2v) is 8.01. The number of benzene rings is 2. The third-order valence-corrected chi connectivity index (χ3v) is 6.00. The van der Waals surface area contributed by atoms with Gasteiger partial charge in [0.05, 0.1) is 12.6 Å². The molecule has 0 saturated carbocycles. The van der Waals surface area contributed by atoms with Gasteiger partial charge in [0.1, 0.15) is 25.5 Å². The number of hydrogen-bond donors (Lipinski definition) is 2. The average molecular weight is 437 g/mol. The zero-order chi connectivity index (χ0) is 22.3. The molecule has 5 rings (SSSR count). The van der Waals surface area contributed by atoms with Crippen LogP contribution in [0, 0.1) is 0 Å². The minimum absolute atomic E-state index is 0.296. The maximum atomic E-state index is 13.3. The maximum Gasteiger partial charge on any atom is 0.325 e. The largest absolute Gasteiger partial charge is 0.493 e. The highest BCUT2D eigenvalue weighted by Gasteiger charge is 2.55. The van der Waals surface area contributed by atoms with Crippen molar-refractivity contribution in [3.8, 4) is 17.2 Å². The molecule has 0 aromatic heterocycles. The van der Waals surface area contributed by atoms with Gasteiger partial charge in [-0.05, 0) is 30.7 Å². The third-order valence-electron chi connectivity index (χ3n) is 6.00. The lowest BCUT2D eigenvalue weighted by molar-refractivity contribution is -0.136. The molecule has 1 saturated heterocycles. The number of urea groups is 1. The number of hydrogen-bond acceptors (Lipinski definition) is 6. The number of nitrogens with zero attached hydrogens (tertiary/aromatic N) is 1. The van der Waals surface area contributed by atoms with Crippen molar-refractivity contribution in [1.82, 2.24) is 15.5 Å². The van der Waals surface area contributed by atoms with Gasteiger partial charge in [-0.1, -0.05) is 24.3 Å². The summed E-state index contributed by atoms with van der Waals surface area (Å²) in [6, 6.07) is 11.7. The fraction of sp³-hybridized carbons (Fsp3) is 0.348. The second kappa shape index (κ2) is 7.74. The number of carbonyl (C=O) groups is 3. The molecule has 166 valence electrons. The molecule has 3 aliphatic heterocycles. The molecule has 0 bridgehead atoms. The Morgan fingerprint density at radius 3 is 2.66 bits per heavy atom. The van der Waals surface area contributed by atoms with E-state index in [2.05, 4.69) is 10.6 Å². The number of nitrogens with one attached hydrogen (secondary N) is 2. The Morgan fingerprint density at radius 2 is 1.81 bits per heavy atom. The van der Waals surface area contributed by atoms with Gasteiger partial charge in [-0.15, -0.1) is 0 Å². The van der Waals surface area contributed by atoms with Gasteiger partial charge >= 0.3 is 6.03 Å². The molecule has 9 heteroatoms. The van der Waals surface area contributed by atoms with Crippen LogP contribution >= 0.6 is 0 Å². The first-order chi connectivity index (χ1) is 15.5. The van der Waals surface area contributed by atoms with Gasteiger partial charge < -0.3 is 24.8 Å². The Balaban J connectivity index is 1.29. The monoisotopic (exact) mass is 437 g/mol. The van der Waals surface area contributed by atoms with Crippen molar-refractivity contribution in [1.29, 1.82) is 0 Å². The van der Waals surface area contributed by atoms with E-state index in [1.807, 2.05) is 25.1 Å². The van der Waals surface area contributed by atoms with Gasteiger partial charge in [-0.3, -0.25) is 14.5 Å². The highest BCUT2D eigenvalue weighted by Crippen LogP contribution is 2.41. The number of imide groups is 1. The van der Waals surface area contributed by atoms with Crippen LogP contribution in [0.25, 0.3) is 0 Å². The molecule has 4 amide bonds. The zero-order valence-corrected chi connectivity index (χ0v) is 17.6. The summed E-state index contributed by atoms with van der Waals surface area (Å²) in [5.74, 6) is 0.976. The molecule has 0 radical (unpaired) electrons. The minimum atomic E-state index is -1.20. The van der Waals surface area contributed by atoms with E-state index in [4.69, 9.17) is 14.2 Å². The number of ether oxygens (including phenoxy) is 3. The summed E-state index contributed by atoms with van der Waals surface area (Å²) >= 11 is 0. The standard InChI is InChI=1S/C23H23N3O6/c1-14(15-6-7-18-19(12-15)32-11-10-31-18)24-20(27)13-26-21(28)23(25-22(26)29)8-9-30-17-5-3-2-4-16(17)23/h2-7,12,14H,8-11,13H2,1H3,(H,24,27)(H,25,29). The highest BCUT2D eigenvalue weighted by atomic mass is 16.6. The van der Waals surface area contributed by atoms with Gasteiger partial charge in [0.25, 0.3) is 5.91 Å². The van der Waals surface area contributed by atoms with Crippen molar-refractivity contribution >= 4 is 17.8 Å². The van der Waals surface area contributed by atoms with Crippen molar-refractivity contribution in [2.24, 2.45) is 0 Å². The average Bonchev–Trinajstić information content (AvgIpc) is 3.03. The summed E-state index contributed by atoms with van der Waals surface area (Å²) in [5, 5.41) is 5.64. The van der Waals surface area contributed by atoms with Crippen molar-refractivity contribution < 1.29 is 28.6 Å². The van der Waals surface area contributed by atoms with Crippen LogP contribution < -0.4 is 24.8 Å². The van der Waals surface area contributed by atoms with Crippen LogP contribution in [0.15, 0.2) is 42.5 Å². The molecule has 2 aromatic rings. The van der Waals surface area contributed by atoms with Crippen LogP contribution in [0.2, 0.25) is 0 Å². The first-order valence-electron chi connectivity index (χ1n) is 10.5. The van der Waals surface area contributed by atoms with Gasteiger partial charge in [0.2, 0.25) is 5.91 Å². The van der Waals surface area contributed by atoms with Crippen molar-refractivity contribution in [2.75, 3.05) is 26.4 Å².